The molecule has 0 bridgehead atoms. The Kier molecular flexibility index (Phi) is 5.41. The number of hydrogen-bond acceptors (Lipinski definition) is 6. The fraction of sp³-hybridized carbons (Fsp3) is 0.714. The van der Waals surface area contributed by atoms with Crippen LogP contribution in [0, 0.1) is 0 Å². The largest absolute Gasteiger partial charge is 0.382 e. The minimum atomic E-state index is -0.00398. The number of carbonyl (C=O) groups excluding carboxylic acids is 1. The Morgan fingerprint density at radius 3 is 2.71 bits per heavy atom. The normalized spacial score (nSPS) is 16.2. The lowest BCUT2D eigenvalue weighted by atomic mass is 10.1. The third kappa shape index (κ3) is 3.65. The molecule has 2 rings (SSSR count). The van der Waals surface area contributed by atoms with Crippen LogP contribution < -0.4 is 10.6 Å². The zero-order valence-electron chi connectivity index (χ0n) is 13.0. The van der Waals surface area contributed by atoms with Gasteiger partial charge >= 0.3 is 0 Å². The summed E-state index contributed by atoms with van der Waals surface area (Å²) in [4.78, 5) is 21.3. The summed E-state index contributed by atoms with van der Waals surface area (Å²) in [6.07, 6.45) is 2.06. The van der Waals surface area contributed by atoms with Crippen LogP contribution in [-0.2, 0) is 4.74 Å². The molecule has 118 valence electrons. The predicted octanol–water partition coefficient (Wildman–Crippen LogP) is 1.82. The van der Waals surface area contributed by atoms with Gasteiger partial charge in [0.25, 0.3) is 5.91 Å². The molecule has 0 radical (unpaired) electrons. The number of nitrogen functional groups attached to an aromatic ring is 1. The Bertz CT molecular complexity index is 483. The molecule has 6 nitrogen and oxygen atoms in total. The van der Waals surface area contributed by atoms with E-state index in [1.165, 1.54) is 11.3 Å². The van der Waals surface area contributed by atoms with Gasteiger partial charge in [-0.2, -0.15) is 0 Å². The zero-order chi connectivity index (χ0) is 15.4. The van der Waals surface area contributed by atoms with E-state index in [1.54, 1.807) is 0 Å². The zero-order valence-corrected chi connectivity index (χ0v) is 13.8. The molecule has 2 N–H and O–H groups in total. The molecule has 0 aliphatic carbocycles. The number of carbonyl (C=O) groups is 1. The van der Waals surface area contributed by atoms with Crippen molar-refractivity contribution >= 4 is 28.2 Å². The van der Waals surface area contributed by atoms with Crippen molar-refractivity contribution < 1.29 is 9.53 Å². The van der Waals surface area contributed by atoms with Crippen molar-refractivity contribution in [1.29, 1.82) is 0 Å². The van der Waals surface area contributed by atoms with Crippen molar-refractivity contribution in [3.63, 3.8) is 0 Å². The van der Waals surface area contributed by atoms with Gasteiger partial charge in [-0.3, -0.25) is 4.79 Å². The van der Waals surface area contributed by atoms with E-state index in [1.807, 2.05) is 30.7 Å². The van der Waals surface area contributed by atoms with Crippen LogP contribution in [-0.4, -0.2) is 55.2 Å². The fourth-order valence-corrected chi connectivity index (χ4v) is 3.35. The molecule has 0 unspecified atom stereocenters. The van der Waals surface area contributed by atoms with Gasteiger partial charge in [0, 0.05) is 33.3 Å². The number of rotatable bonds is 5. The number of piperidine rings is 1. The predicted molar refractivity (Wildman–Crippen MR) is 86.0 cm³/mol. The monoisotopic (exact) mass is 312 g/mol. The summed E-state index contributed by atoms with van der Waals surface area (Å²) in [6, 6.07) is 0. The average Bonchev–Trinajstić information content (AvgIpc) is 2.89. The molecule has 1 aliphatic heterocycles. The fourth-order valence-electron chi connectivity index (χ4n) is 2.38. The summed E-state index contributed by atoms with van der Waals surface area (Å²) in [5, 5.41) is 0.794. The maximum atomic E-state index is 12.6. The maximum absolute atomic E-state index is 12.6. The van der Waals surface area contributed by atoms with E-state index in [4.69, 9.17) is 10.5 Å². The van der Waals surface area contributed by atoms with Crippen molar-refractivity contribution in [2.24, 2.45) is 0 Å². The van der Waals surface area contributed by atoms with Gasteiger partial charge in [-0.05, 0) is 26.7 Å². The Balaban J connectivity index is 2.02. The summed E-state index contributed by atoms with van der Waals surface area (Å²) >= 11 is 1.37. The topological polar surface area (TPSA) is 71.7 Å². The molecule has 1 aromatic rings. The molecule has 0 spiro atoms. The van der Waals surface area contributed by atoms with Gasteiger partial charge in [-0.15, -0.1) is 0 Å². The number of amides is 1. The van der Waals surface area contributed by atoms with E-state index >= 15 is 0 Å². The van der Waals surface area contributed by atoms with E-state index in [9.17, 15) is 4.79 Å². The van der Waals surface area contributed by atoms with Gasteiger partial charge in [0.2, 0.25) is 0 Å². The lowest BCUT2D eigenvalue weighted by Gasteiger charge is -2.31. The SMILES string of the molecule is CCOC1CCN(C(=O)c2sc(N(C)CC)nc2N)CC1. The summed E-state index contributed by atoms with van der Waals surface area (Å²) < 4.78 is 5.61. The van der Waals surface area contributed by atoms with Crippen LogP contribution in [0.5, 0.6) is 0 Å². The first-order valence-corrected chi connectivity index (χ1v) is 8.26. The van der Waals surface area contributed by atoms with Gasteiger partial charge in [0.15, 0.2) is 5.13 Å². The van der Waals surface area contributed by atoms with Crippen molar-refractivity contribution in [1.82, 2.24) is 9.88 Å². The summed E-state index contributed by atoms with van der Waals surface area (Å²) in [5.74, 6) is 0.336. The average molecular weight is 312 g/mol. The smallest absolute Gasteiger partial charge is 0.267 e. The van der Waals surface area contributed by atoms with Crippen LogP contribution in [0.25, 0.3) is 0 Å². The minimum Gasteiger partial charge on any atom is -0.382 e. The van der Waals surface area contributed by atoms with Gasteiger partial charge < -0.3 is 20.3 Å². The molecule has 2 heterocycles. The highest BCUT2D eigenvalue weighted by molar-refractivity contribution is 7.18. The molecule has 1 fully saturated rings. The number of nitrogens with zero attached hydrogens (tertiary/aromatic N) is 3. The van der Waals surface area contributed by atoms with E-state index in [0.717, 1.165) is 44.2 Å². The third-order valence-electron chi connectivity index (χ3n) is 3.77. The number of nitrogens with two attached hydrogens (primary N) is 1. The molecule has 7 heteroatoms. The molecule has 0 atom stereocenters. The van der Waals surface area contributed by atoms with E-state index < -0.39 is 0 Å². The van der Waals surface area contributed by atoms with Gasteiger partial charge in [-0.1, -0.05) is 11.3 Å². The van der Waals surface area contributed by atoms with E-state index in [-0.39, 0.29) is 12.0 Å². The van der Waals surface area contributed by atoms with E-state index in [2.05, 4.69) is 4.98 Å². The van der Waals surface area contributed by atoms with E-state index in [0.29, 0.717) is 10.7 Å². The Labute approximate surface area is 129 Å². The number of thiazole rings is 1. The lowest BCUT2D eigenvalue weighted by molar-refractivity contribution is 0.0148. The number of aromatic nitrogens is 1. The molecule has 1 saturated heterocycles. The third-order valence-corrected chi connectivity index (χ3v) is 4.94. The Morgan fingerprint density at radius 2 is 2.14 bits per heavy atom. The second kappa shape index (κ2) is 7.09. The highest BCUT2D eigenvalue weighted by atomic mass is 32.1. The highest BCUT2D eigenvalue weighted by Crippen LogP contribution is 2.29. The van der Waals surface area contributed by atoms with Crippen molar-refractivity contribution in [3.05, 3.63) is 4.88 Å². The van der Waals surface area contributed by atoms with Crippen LogP contribution in [0.4, 0.5) is 10.9 Å². The van der Waals surface area contributed by atoms with Crippen LogP contribution in [0.3, 0.4) is 0 Å². The second-order valence-corrected chi connectivity index (χ2v) is 6.15. The summed E-state index contributed by atoms with van der Waals surface area (Å²) in [7, 11) is 1.94. The Morgan fingerprint density at radius 1 is 1.48 bits per heavy atom. The molecule has 0 aromatic carbocycles. The minimum absolute atomic E-state index is 0.00398. The molecule has 21 heavy (non-hydrogen) atoms. The van der Waals surface area contributed by atoms with Crippen LogP contribution in [0.2, 0.25) is 0 Å². The number of likely N-dealkylation sites (tertiary alicyclic amines) is 1. The van der Waals surface area contributed by atoms with Gasteiger partial charge in [0.1, 0.15) is 10.7 Å². The Hall–Kier alpha value is -1.34. The maximum Gasteiger partial charge on any atom is 0.267 e. The molecule has 1 amide bonds. The van der Waals surface area contributed by atoms with Gasteiger partial charge in [-0.25, -0.2) is 4.98 Å². The number of anilines is 2. The van der Waals surface area contributed by atoms with Crippen LogP contribution >= 0.6 is 11.3 Å². The second-order valence-electron chi connectivity index (χ2n) is 5.17. The molecule has 1 aliphatic rings. The number of hydrogen-bond donors (Lipinski definition) is 1. The molecule has 1 aromatic heterocycles. The molecule has 0 saturated carbocycles. The standard InChI is InChI=1S/C14H24N4O2S/c1-4-17(3)14-16-12(15)11(21-14)13(19)18-8-6-10(7-9-18)20-5-2/h10H,4-9,15H2,1-3H3. The molecular weight excluding hydrogens is 288 g/mol. The quantitative estimate of drug-likeness (QED) is 0.898. The number of ether oxygens (including phenoxy) is 1. The highest BCUT2D eigenvalue weighted by Gasteiger charge is 2.27. The first kappa shape index (κ1) is 16.0. The summed E-state index contributed by atoms with van der Waals surface area (Å²) in [6.45, 7) is 7.05. The first-order valence-electron chi connectivity index (χ1n) is 7.45. The summed E-state index contributed by atoms with van der Waals surface area (Å²) in [5.41, 5.74) is 5.92. The lowest BCUT2D eigenvalue weighted by Crippen LogP contribution is -2.40. The van der Waals surface area contributed by atoms with Gasteiger partial charge in [0.05, 0.1) is 6.10 Å². The first-order chi connectivity index (χ1) is 10.1. The van der Waals surface area contributed by atoms with Crippen molar-refractivity contribution in [2.75, 3.05) is 43.9 Å². The van der Waals surface area contributed by atoms with Crippen LogP contribution in [0.15, 0.2) is 0 Å². The van der Waals surface area contributed by atoms with Crippen LogP contribution in [0.1, 0.15) is 36.4 Å². The van der Waals surface area contributed by atoms with Crippen molar-refractivity contribution in [3.8, 4) is 0 Å². The van der Waals surface area contributed by atoms with Crippen molar-refractivity contribution in [2.45, 2.75) is 32.8 Å². The molecular formula is C14H24N4O2S.